The molecule has 0 saturated carbocycles. The molecule has 0 fully saturated rings. The Kier molecular flexibility index (Phi) is 4.73. The van der Waals surface area contributed by atoms with Crippen molar-refractivity contribution in [1.82, 2.24) is 19.7 Å². The predicted octanol–water partition coefficient (Wildman–Crippen LogP) is 2.01. The Bertz CT molecular complexity index is 509. The molecule has 0 unspecified atom stereocenters. The number of thiazole rings is 1. The second-order valence-corrected chi connectivity index (χ2v) is 5.77. The molecule has 0 radical (unpaired) electrons. The van der Waals surface area contributed by atoms with E-state index in [1.54, 1.807) is 23.1 Å². The van der Waals surface area contributed by atoms with E-state index in [9.17, 15) is 0 Å². The molecular weight excluding hydrogens is 268 g/mol. The van der Waals surface area contributed by atoms with Crippen molar-refractivity contribution in [3.05, 3.63) is 21.9 Å². The molecule has 5 nitrogen and oxygen atoms in total. The fraction of sp³-hybridized carbons (Fsp3) is 0.545. The van der Waals surface area contributed by atoms with E-state index >= 15 is 0 Å². The zero-order valence-electron chi connectivity index (χ0n) is 10.5. The van der Waals surface area contributed by atoms with Crippen LogP contribution >= 0.6 is 23.1 Å². The van der Waals surface area contributed by atoms with Gasteiger partial charge in [-0.05, 0) is 12.8 Å². The van der Waals surface area contributed by atoms with E-state index in [2.05, 4.69) is 27.5 Å². The van der Waals surface area contributed by atoms with Gasteiger partial charge >= 0.3 is 0 Å². The first-order chi connectivity index (χ1) is 8.74. The largest absolute Gasteiger partial charge is 0.388 e. The van der Waals surface area contributed by atoms with Gasteiger partial charge in [0, 0.05) is 18.2 Å². The minimum absolute atomic E-state index is 0.0819. The minimum Gasteiger partial charge on any atom is -0.388 e. The quantitative estimate of drug-likeness (QED) is 0.822. The van der Waals surface area contributed by atoms with Crippen LogP contribution in [0.1, 0.15) is 29.9 Å². The molecule has 0 saturated heterocycles. The van der Waals surface area contributed by atoms with Gasteiger partial charge in [0.05, 0.1) is 10.7 Å². The molecule has 0 aliphatic heterocycles. The van der Waals surface area contributed by atoms with Crippen molar-refractivity contribution in [2.75, 3.05) is 0 Å². The minimum atomic E-state index is -0.0819. The van der Waals surface area contributed by atoms with Gasteiger partial charge in [0.15, 0.2) is 11.0 Å². The molecule has 2 aromatic rings. The molecular formula is C11H16N4OS2. The Morgan fingerprint density at radius 3 is 2.94 bits per heavy atom. The maximum absolute atomic E-state index is 9.04. The fourth-order valence-corrected chi connectivity index (χ4v) is 3.32. The molecule has 2 aromatic heterocycles. The topological polar surface area (TPSA) is 63.8 Å². The van der Waals surface area contributed by atoms with E-state index in [1.807, 2.05) is 11.6 Å². The van der Waals surface area contributed by atoms with Crippen LogP contribution in [0.25, 0.3) is 0 Å². The van der Waals surface area contributed by atoms with Crippen molar-refractivity contribution in [3.8, 4) is 0 Å². The van der Waals surface area contributed by atoms with E-state index in [1.165, 1.54) is 5.01 Å². The molecule has 0 atom stereocenters. The molecule has 0 aliphatic rings. The fourth-order valence-electron chi connectivity index (χ4n) is 1.49. The summed E-state index contributed by atoms with van der Waals surface area (Å²) in [4.78, 5) is 4.56. The first kappa shape index (κ1) is 13.5. The lowest BCUT2D eigenvalue weighted by Gasteiger charge is -2.00. The van der Waals surface area contributed by atoms with Crippen molar-refractivity contribution in [3.63, 3.8) is 0 Å². The average Bonchev–Trinajstić information content (AvgIpc) is 2.94. The Morgan fingerprint density at radius 1 is 1.44 bits per heavy atom. The lowest BCUT2D eigenvalue weighted by atomic mass is 10.3. The number of thioether (sulfide) groups is 1. The summed E-state index contributed by atoms with van der Waals surface area (Å²) in [7, 11) is 1.86. The van der Waals surface area contributed by atoms with Gasteiger partial charge in [0.1, 0.15) is 6.61 Å². The zero-order valence-corrected chi connectivity index (χ0v) is 12.1. The zero-order chi connectivity index (χ0) is 13.0. The van der Waals surface area contributed by atoms with Gasteiger partial charge in [0.25, 0.3) is 0 Å². The number of aryl methyl sites for hydroxylation is 1. The molecule has 0 bridgehead atoms. The summed E-state index contributed by atoms with van der Waals surface area (Å²) in [6.45, 7) is 2.08. The first-order valence-electron chi connectivity index (χ1n) is 5.79. The van der Waals surface area contributed by atoms with E-state index < -0.39 is 0 Å². The van der Waals surface area contributed by atoms with Crippen LogP contribution in [-0.2, 0) is 25.8 Å². The number of aliphatic hydroxyl groups excluding tert-OH is 1. The van der Waals surface area contributed by atoms with Crippen molar-refractivity contribution < 1.29 is 5.11 Å². The van der Waals surface area contributed by atoms with E-state index in [0.29, 0.717) is 5.82 Å². The van der Waals surface area contributed by atoms with Crippen LogP contribution in [0.15, 0.2) is 10.5 Å². The third-order valence-corrected chi connectivity index (χ3v) is 4.49. The molecule has 0 amide bonds. The third kappa shape index (κ3) is 3.09. The molecule has 2 rings (SSSR count). The maximum Gasteiger partial charge on any atom is 0.191 e. The molecule has 0 aliphatic carbocycles. The van der Waals surface area contributed by atoms with Gasteiger partial charge in [-0.3, -0.25) is 0 Å². The Labute approximate surface area is 114 Å². The van der Waals surface area contributed by atoms with Crippen LogP contribution in [0.5, 0.6) is 0 Å². The standard InChI is InChI=1S/C11H16N4OS2/c1-3-4-10-12-8(6-17-10)7-18-11-14-13-9(5-16)15(11)2/h6,16H,3-5,7H2,1-2H3. The highest BCUT2D eigenvalue weighted by atomic mass is 32.2. The Morgan fingerprint density at radius 2 is 2.28 bits per heavy atom. The second-order valence-electron chi connectivity index (χ2n) is 3.89. The molecule has 7 heteroatoms. The van der Waals surface area contributed by atoms with Gasteiger partial charge in [-0.1, -0.05) is 18.7 Å². The Hall–Kier alpha value is -0.920. The maximum atomic E-state index is 9.04. The van der Waals surface area contributed by atoms with Crippen molar-refractivity contribution in [2.24, 2.45) is 7.05 Å². The van der Waals surface area contributed by atoms with E-state index in [4.69, 9.17) is 5.11 Å². The van der Waals surface area contributed by atoms with Crippen molar-refractivity contribution in [1.29, 1.82) is 0 Å². The number of hydrogen-bond acceptors (Lipinski definition) is 6. The van der Waals surface area contributed by atoms with E-state index in [0.717, 1.165) is 29.4 Å². The van der Waals surface area contributed by atoms with Crippen LogP contribution in [0, 0.1) is 0 Å². The van der Waals surface area contributed by atoms with Crippen LogP contribution in [0.3, 0.4) is 0 Å². The number of nitrogens with zero attached hydrogens (tertiary/aromatic N) is 4. The summed E-state index contributed by atoms with van der Waals surface area (Å²) < 4.78 is 1.81. The summed E-state index contributed by atoms with van der Waals surface area (Å²) in [5.41, 5.74) is 1.09. The Balaban J connectivity index is 1.95. The molecule has 18 heavy (non-hydrogen) atoms. The monoisotopic (exact) mass is 284 g/mol. The normalized spacial score (nSPS) is 11.1. The van der Waals surface area contributed by atoms with Crippen LogP contribution in [0.2, 0.25) is 0 Å². The van der Waals surface area contributed by atoms with Gasteiger partial charge in [0.2, 0.25) is 0 Å². The van der Waals surface area contributed by atoms with Crippen LogP contribution in [0.4, 0.5) is 0 Å². The van der Waals surface area contributed by atoms with Gasteiger partial charge in [-0.2, -0.15) is 0 Å². The SMILES string of the molecule is CCCc1nc(CSc2nnc(CO)n2C)cs1. The highest BCUT2D eigenvalue weighted by Crippen LogP contribution is 2.22. The molecule has 1 N–H and O–H groups in total. The number of hydrogen-bond donors (Lipinski definition) is 1. The molecule has 98 valence electrons. The van der Waals surface area contributed by atoms with Crippen molar-refractivity contribution >= 4 is 23.1 Å². The number of aliphatic hydroxyl groups is 1. The average molecular weight is 284 g/mol. The lowest BCUT2D eigenvalue weighted by Crippen LogP contribution is -1.98. The molecule has 0 aromatic carbocycles. The smallest absolute Gasteiger partial charge is 0.191 e. The molecule has 0 spiro atoms. The van der Waals surface area contributed by atoms with Crippen molar-refractivity contribution in [2.45, 2.75) is 37.3 Å². The summed E-state index contributed by atoms with van der Waals surface area (Å²) in [6.07, 6.45) is 2.18. The van der Waals surface area contributed by atoms with E-state index in [-0.39, 0.29) is 6.61 Å². The third-order valence-electron chi connectivity index (χ3n) is 2.48. The summed E-state index contributed by atoms with van der Waals surface area (Å²) in [6, 6.07) is 0. The number of rotatable bonds is 6. The number of aromatic nitrogens is 4. The highest BCUT2D eigenvalue weighted by molar-refractivity contribution is 7.98. The summed E-state index contributed by atoms with van der Waals surface area (Å²) in [5.74, 6) is 1.37. The second kappa shape index (κ2) is 6.31. The highest BCUT2D eigenvalue weighted by Gasteiger charge is 2.09. The summed E-state index contributed by atoms with van der Waals surface area (Å²) >= 11 is 3.31. The lowest BCUT2D eigenvalue weighted by molar-refractivity contribution is 0.266. The van der Waals surface area contributed by atoms with Crippen LogP contribution < -0.4 is 0 Å². The summed E-state index contributed by atoms with van der Waals surface area (Å²) in [5, 5.41) is 21.1. The van der Waals surface area contributed by atoms with Gasteiger partial charge in [-0.25, -0.2) is 4.98 Å². The predicted molar refractivity (Wildman–Crippen MR) is 72.6 cm³/mol. The van der Waals surface area contributed by atoms with Gasteiger partial charge < -0.3 is 9.67 Å². The molecule has 2 heterocycles. The first-order valence-corrected chi connectivity index (χ1v) is 7.66. The van der Waals surface area contributed by atoms with Gasteiger partial charge in [-0.15, -0.1) is 21.5 Å². The van der Waals surface area contributed by atoms with Crippen LogP contribution in [-0.4, -0.2) is 24.9 Å².